The van der Waals surface area contributed by atoms with Gasteiger partial charge in [-0.2, -0.15) is 0 Å². The first-order valence-electron chi connectivity index (χ1n) is 12.2. The summed E-state index contributed by atoms with van der Waals surface area (Å²) < 4.78 is 9.83. The van der Waals surface area contributed by atoms with Crippen molar-refractivity contribution in [2.75, 3.05) is 6.61 Å². The minimum absolute atomic E-state index is 0.264. The predicted octanol–water partition coefficient (Wildman–Crippen LogP) is 7.61. The highest BCUT2D eigenvalue weighted by atomic mass is 35.6. The van der Waals surface area contributed by atoms with Crippen LogP contribution in [0.5, 0.6) is 0 Å². The lowest BCUT2D eigenvalue weighted by molar-refractivity contribution is -0.120. The Bertz CT molecular complexity index is 1110. The van der Waals surface area contributed by atoms with Crippen molar-refractivity contribution in [3.05, 3.63) is 108 Å². The minimum atomic E-state index is -2.27. The largest absolute Gasteiger partial charge is 0.443 e. The van der Waals surface area contributed by atoms with Crippen LogP contribution in [0.4, 0.5) is 4.79 Å². The Kier molecular flexibility index (Phi) is 9.53. The molecule has 1 N–H and O–H groups in total. The molecule has 38 heavy (non-hydrogen) atoms. The van der Waals surface area contributed by atoms with Crippen LogP contribution < -0.4 is 5.32 Å². The summed E-state index contributed by atoms with van der Waals surface area (Å²) in [4.78, 5) is 24.0. The van der Waals surface area contributed by atoms with E-state index in [2.05, 4.69) is 50.2 Å². The van der Waals surface area contributed by atoms with Crippen LogP contribution in [0.15, 0.2) is 91.0 Å². The van der Waals surface area contributed by atoms with E-state index in [-0.39, 0.29) is 6.61 Å². The molecule has 0 heterocycles. The van der Waals surface area contributed by atoms with E-state index < -0.39 is 32.4 Å². The first-order chi connectivity index (χ1) is 17.8. The molecule has 202 valence electrons. The standard InChI is InChI=1S/C30H32Cl3NO4/c1-27(2,38-26(36)34-25(35)30(31,32)33)20-21-37-28(3,4)29(22-14-8-5-9-15-22,23-16-10-6-11-17-23)24-18-12-7-13-19-24/h5-19H,20-21H2,1-4H3,(H,34,35,36). The molecule has 0 aliphatic heterocycles. The number of imide groups is 1. The molecule has 3 rings (SSSR count). The summed E-state index contributed by atoms with van der Waals surface area (Å²) in [6.07, 6.45) is -0.655. The average Bonchev–Trinajstić information content (AvgIpc) is 2.85. The van der Waals surface area contributed by atoms with Crippen LogP contribution in [0.2, 0.25) is 0 Å². The molecular formula is C30H32Cl3NO4. The summed E-state index contributed by atoms with van der Waals surface area (Å²) in [5.74, 6) is -1.08. The maximum absolute atomic E-state index is 12.2. The minimum Gasteiger partial charge on any atom is -0.443 e. The van der Waals surface area contributed by atoms with E-state index in [0.717, 1.165) is 16.7 Å². The van der Waals surface area contributed by atoms with Crippen molar-refractivity contribution in [1.82, 2.24) is 5.32 Å². The lowest BCUT2D eigenvalue weighted by atomic mass is 9.60. The van der Waals surface area contributed by atoms with Gasteiger partial charge in [0, 0.05) is 6.42 Å². The zero-order valence-corrected chi connectivity index (χ0v) is 24.1. The summed E-state index contributed by atoms with van der Waals surface area (Å²) in [6, 6.07) is 30.8. The van der Waals surface area contributed by atoms with Crippen molar-refractivity contribution in [3.63, 3.8) is 0 Å². The number of carbonyl (C=O) groups is 2. The van der Waals surface area contributed by atoms with Gasteiger partial charge in [0.25, 0.3) is 9.70 Å². The van der Waals surface area contributed by atoms with Crippen molar-refractivity contribution in [1.29, 1.82) is 0 Å². The Labute approximate surface area is 239 Å². The number of nitrogens with one attached hydrogen (secondary N) is 1. The monoisotopic (exact) mass is 575 g/mol. The Morgan fingerprint density at radius 3 is 1.47 bits per heavy atom. The van der Waals surface area contributed by atoms with Gasteiger partial charge in [-0.05, 0) is 44.4 Å². The van der Waals surface area contributed by atoms with Crippen LogP contribution in [-0.2, 0) is 19.7 Å². The normalized spacial score (nSPS) is 12.6. The van der Waals surface area contributed by atoms with Crippen LogP contribution in [0, 0.1) is 0 Å². The molecule has 0 spiro atoms. The van der Waals surface area contributed by atoms with Gasteiger partial charge in [0.05, 0.1) is 17.6 Å². The van der Waals surface area contributed by atoms with Gasteiger partial charge in [0.1, 0.15) is 5.60 Å². The van der Waals surface area contributed by atoms with Crippen molar-refractivity contribution in [2.24, 2.45) is 0 Å². The third kappa shape index (κ3) is 6.89. The molecular weight excluding hydrogens is 545 g/mol. The number of amides is 2. The van der Waals surface area contributed by atoms with Gasteiger partial charge in [0.2, 0.25) is 0 Å². The van der Waals surface area contributed by atoms with Crippen molar-refractivity contribution in [3.8, 4) is 0 Å². The first kappa shape index (κ1) is 30.0. The van der Waals surface area contributed by atoms with Crippen LogP contribution in [0.25, 0.3) is 0 Å². The van der Waals surface area contributed by atoms with Crippen LogP contribution >= 0.6 is 34.8 Å². The second-order valence-electron chi connectivity index (χ2n) is 10.1. The molecule has 0 aliphatic rings. The Morgan fingerprint density at radius 1 is 0.711 bits per heavy atom. The second-order valence-corrected chi connectivity index (χ2v) is 12.3. The van der Waals surface area contributed by atoms with E-state index in [1.54, 1.807) is 13.8 Å². The van der Waals surface area contributed by atoms with Crippen molar-refractivity contribution in [2.45, 2.75) is 54.5 Å². The van der Waals surface area contributed by atoms with Crippen molar-refractivity contribution < 1.29 is 19.1 Å². The van der Waals surface area contributed by atoms with Gasteiger partial charge in [-0.25, -0.2) is 4.79 Å². The SMILES string of the molecule is CC(C)(CCOC(C)(C)C(c1ccccc1)(c1ccccc1)c1ccccc1)OC(=O)NC(=O)C(Cl)(Cl)Cl. The maximum Gasteiger partial charge on any atom is 0.414 e. The Morgan fingerprint density at radius 2 is 1.11 bits per heavy atom. The number of benzene rings is 3. The molecule has 8 heteroatoms. The number of ether oxygens (including phenoxy) is 2. The Hall–Kier alpha value is -2.57. The molecule has 2 amide bonds. The topological polar surface area (TPSA) is 64.6 Å². The molecule has 0 saturated heterocycles. The molecule has 5 nitrogen and oxygen atoms in total. The number of halogens is 3. The van der Waals surface area contributed by atoms with Gasteiger partial charge >= 0.3 is 6.09 Å². The number of hydrogen-bond acceptors (Lipinski definition) is 4. The van der Waals surface area contributed by atoms with Gasteiger partial charge < -0.3 is 9.47 Å². The predicted molar refractivity (Wildman–Crippen MR) is 153 cm³/mol. The highest BCUT2D eigenvalue weighted by molar-refractivity contribution is 6.76. The van der Waals surface area contributed by atoms with Gasteiger partial charge in [-0.15, -0.1) is 0 Å². The number of hydrogen-bond donors (Lipinski definition) is 1. The molecule has 0 bridgehead atoms. The zero-order chi connectivity index (χ0) is 28.0. The van der Waals surface area contributed by atoms with Crippen LogP contribution in [0.3, 0.4) is 0 Å². The number of alkyl carbamates (subject to hydrolysis) is 1. The van der Waals surface area contributed by atoms with Gasteiger partial charge in [-0.3, -0.25) is 10.1 Å². The molecule has 0 aliphatic carbocycles. The van der Waals surface area contributed by atoms with E-state index >= 15 is 0 Å². The highest BCUT2D eigenvalue weighted by Gasteiger charge is 2.50. The van der Waals surface area contributed by atoms with Crippen molar-refractivity contribution >= 4 is 46.8 Å². The lowest BCUT2D eigenvalue weighted by Crippen LogP contribution is -2.51. The molecule has 0 atom stereocenters. The quantitative estimate of drug-likeness (QED) is 0.210. The molecule has 3 aromatic carbocycles. The fraction of sp³-hybridized carbons (Fsp3) is 0.333. The molecule has 0 radical (unpaired) electrons. The molecule has 0 aromatic heterocycles. The first-order valence-corrected chi connectivity index (χ1v) is 13.3. The Balaban J connectivity index is 1.90. The smallest absolute Gasteiger partial charge is 0.414 e. The molecule has 0 fully saturated rings. The molecule has 0 unspecified atom stereocenters. The molecule has 0 saturated carbocycles. The number of rotatable bonds is 9. The van der Waals surface area contributed by atoms with Crippen LogP contribution in [-0.4, -0.2) is 33.6 Å². The summed E-state index contributed by atoms with van der Waals surface area (Å²) in [5.41, 5.74) is 0.882. The van der Waals surface area contributed by atoms with E-state index in [1.165, 1.54) is 0 Å². The summed E-state index contributed by atoms with van der Waals surface area (Å²) in [5, 5.41) is 1.93. The second kappa shape index (κ2) is 12.1. The summed E-state index contributed by atoms with van der Waals surface area (Å²) >= 11 is 16.6. The summed E-state index contributed by atoms with van der Waals surface area (Å²) in [6.45, 7) is 7.85. The van der Waals surface area contributed by atoms with Crippen LogP contribution in [0.1, 0.15) is 50.8 Å². The van der Waals surface area contributed by atoms with E-state index in [0.29, 0.717) is 6.42 Å². The van der Waals surface area contributed by atoms with E-state index in [9.17, 15) is 9.59 Å². The number of carbonyl (C=O) groups excluding carboxylic acids is 2. The lowest BCUT2D eigenvalue weighted by Gasteiger charge is -2.48. The number of alkyl halides is 3. The van der Waals surface area contributed by atoms with E-state index in [1.807, 2.05) is 59.9 Å². The van der Waals surface area contributed by atoms with Gasteiger partial charge in [-0.1, -0.05) is 126 Å². The van der Waals surface area contributed by atoms with E-state index in [4.69, 9.17) is 44.3 Å². The maximum atomic E-state index is 12.2. The fourth-order valence-electron chi connectivity index (χ4n) is 4.76. The third-order valence-corrected chi connectivity index (χ3v) is 7.05. The molecule has 3 aromatic rings. The average molecular weight is 577 g/mol. The fourth-order valence-corrected chi connectivity index (χ4v) is 4.90. The highest BCUT2D eigenvalue weighted by Crippen LogP contribution is 2.49. The third-order valence-electron chi connectivity index (χ3n) is 6.53. The van der Waals surface area contributed by atoms with Gasteiger partial charge in [0.15, 0.2) is 0 Å². The zero-order valence-electron chi connectivity index (χ0n) is 21.8. The summed E-state index contributed by atoms with van der Waals surface area (Å²) in [7, 11) is 0.